The molecule has 3 aromatic rings. The molecule has 41 heavy (non-hydrogen) atoms. The Balaban J connectivity index is 2.10. The zero-order valence-electron chi connectivity index (χ0n) is 24.6. The SMILES string of the molecule is COc1ccc(C)cc1N(CC(=O)N(Cc1ccc(F)cc1)C(C)C(=O)NC(C)(C)C)S(=O)(=O)c1ccc(C)cc1. The molecule has 0 aromatic heterocycles. The van der Waals surface area contributed by atoms with Crippen molar-refractivity contribution in [2.75, 3.05) is 18.0 Å². The fraction of sp³-hybridized carbons (Fsp3) is 0.355. The van der Waals surface area contributed by atoms with Gasteiger partial charge in [-0.3, -0.25) is 13.9 Å². The molecule has 3 rings (SSSR count). The van der Waals surface area contributed by atoms with Crippen LogP contribution in [0.2, 0.25) is 0 Å². The molecule has 10 heteroatoms. The van der Waals surface area contributed by atoms with Crippen molar-refractivity contribution in [1.82, 2.24) is 10.2 Å². The summed E-state index contributed by atoms with van der Waals surface area (Å²) >= 11 is 0. The molecule has 0 saturated carbocycles. The predicted octanol–water partition coefficient (Wildman–Crippen LogP) is 4.98. The Morgan fingerprint density at radius 2 is 1.54 bits per heavy atom. The second-order valence-electron chi connectivity index (χ2n) is 11.1. The number of hydrogen-bond donors (Lipinski definition) is 1. The van der Waals surface area contributed by atoms with Crippen LogP contribution in [-0.2, 0) is 26.2 Å². The van der Waals surface area contributed by atoms with Gasteiger partial charge >= 0.3 is 0 Å². The summed E-state index contributed by atoms with van der Waals surface area (Å²) in [6.45, 7) is 10.1. The van der Waals surface area contributed by atoms with Crippen molar-refractivity contribution in [2.45, 2.75) is 64.6 Å². The normalized spacial score (nSPS) is 12.4. The van der Waals surface area contributed by atoms with Gasteiger partial charge in [0.2, 0.25) is 11.8 Å². The number of carbonyl (C=O) groups excluding carboxylic acids is 2. The first-order valence-corrected chi connectivity index (χ1v) is 14.7. The number of nitrogens with zero attached hydrogens (tertiary/aromatic N) is 2. The topological polar surface area (TPSA) is 96.0 Å². The minimum atomic E-state index is -4.25. The predicted molar refractivity (Wildman–Crippen MR) is 158 cm³/mol. The maximum Gasteiger partial charge on any atom is 0.264 e. The Hall–Kier alpha value is -3.92. The first-order valence-electron chi connectivity index (χ1n) is 13.2. The highest BCUT2D eigenvalue weighted by molar-refractivity contribution is 7.92. The van der Waals surface area contributed by atoms with E-state index in [1.54, 1.807) is 44.2 Å². The highest BCUT2D eigenvalue weighted by atomic mass is 32.2. The minimum Gasteiger partial charge on any atom is -0.495 e. The van der Waals surface area contributed by atoms with Crippen molar-refractivity contribution in [3.8, 4) is 5.75 Å². The number of methoxy groups -OCH3 is 1. The van der Waals surface area contributed by atoms with E-state index in [2.05, 4.69) is 5.32 Å². The molecule has 1 atom stereocenters. The standard InChI is InChI=1S/C31H38FN3O5S/c1-21-8-15-26(16-9-21)41(38,39)35(27-18-22(2)10-17-28(27)40-7)20-29(36)34(19-24-11-13-25(32)14-12-24)23(3)30(37)33-31(4,5)6/h8-18,23H,19-20H2,1-7H3,(H,33,37). The van der Waals surface area contributed by atoms with Gasteiger partial charge in [0.1, 0.15) is 24.2 Å². The van der Waals surface area contributed by atoms with Crippen molar-refractivity contribution in [1.29, 1.82) is 0 Å². The average molecular weight is 584 g/mol. The molecule has 0 aliphatic heterocycles. The third kappa shape index (κ3) is 8.07. The van der Waals surface area contributed by atoms with Gasteiger partial charge in [-0.1, -0.05) is 35.9 Å². The first-order chi connectivity index (χ1) is 19.1. The fourth-order valence-corrected chi connectivity index (χ4v) is 5.61. The molecule has 0 bridgehead atoms. The van der Waals surface area contributed by atoms with Crippen LogP contribution in [0.25, 0.3) is 0 Å². The third-order valence-electron chi connectivity index (χ3n) is 6.42. The minimum absolute atomic E-state index is 0.00284. The molecule has 8 nitrogen and oxygen atoms in total. The molecular formula is C31H38FN3O5S. The molecule has 0 spiro atoms. The fourth-order valence-electron chi connectivity index (χ4n) is 4.19. The average Bonchev–Trinajstić information content (AvgIpc) is 2.90. The molecular weight excluding hydrogens is 545 g/mol. The molecule has 3 aromatic carbocycles. The van der Waals surface area contributed by atoms with Gasteiger partial charge in [0.25, 0.3) is 10.0 Å². The lowest BCUT2D eigenvalue weighted by Gasteiger charge is -2.33. The summed E-state index contributed by atoms with van der Waals surface area (Å²) in [5, 5.41) is 2.88. The number of amides is 2. The van der Waals surface area contributed by atoms with E-state index >= 15 is 0 Å². The number of sulfonamides is 1. The van der Waals surface area contributed by atoms with Crippen molar-refractivity contribution in [3.63, 3.8) is 0 Å². The third-order valence-corrected chi connectivity index (χ3v) is 8.20. The van der Waals surface area contributed by atoms with E-state index < -0.39 is 45.8 Å². The Morgan fingerprint density at radius 3 is 2.10 bits per heavy atom. The van der Waals surface area contributed by atoms with Crippen molar-refractivity contribution in [2.24, 2.45) is 0 Å². The monoisotopic (exact) mass is 583 g/mol. The summed E-state index contributed by atoms with van der Waals surface area (Å²) in [5.74, 6) is -1.20. The number of ether oxygens (including phenoxy) is 1. The van der Waals surface area contributed by atoms with E-state index in [1.165, 1.54) is 48.4 Å². The quantitative estimate of drug-likeness (QED) is 0.363. The summed E-state index contributed by atoms with van der Waals surface area (Å²) in [5.41, 5.74) is 1.85. The van der Waals surface area contributed by atoms with E-state index in [0.29, 0.717) is 5.56 Å². The van der Waals surface area contributed by atoms with Gasteiger partial charge in [-0.15, -0.1) is 0 Å². The zero-order chi connectivity index (χ0) is 30.5. The Kier molecular flexibility index (Phi) is 9.81. The largest absolute Gasteiger partial charge is 0.495 e. The smallest absolute Gasteiger partial charge is 0.264 e. The van der Waals surface area contributed by atoms with E-state index in [4.69, 9.17) is 4.74 Å². The Morgan fingerprint density at radius 1 is 0.951 bits per heavy atom. The maximum atomic E-state index is 14.1. The lowest BCUT2D eigenvalue weighted by Crippen LogP contribution is -2.54. The van der Waals surface area contributed by atoms with Crippen LogP contribution in [0, 0.1) is 19.7 Å². The molecule has 0 fully saturated rings. The molecule has 0 saturated heterocycles. The molecule has 0 radical (unpaired) electrons. The van der Waals surface area contributed by atoms with Crippen molar-refractivity contribution in [3.05, 3.63) is 89.2 Å². The molecule has 1 N–H and O–H groups in total. The molecule has 220 valence electrons. The van der Waals surface area contributed by atoms with E-state index in [0.717, 1.165) is 15.4 Å². The first kappa shape index (κ1) is 31.6. The number of halogens is 1. The lowest BCUT2D eigenvalue weighted by atomic mass is 10.1. The van der Waals surface area contributed by atoms with Gasteiger partial charge in [-0.25, -0.2) is 12.8 Å². The van der Waals surface area contributed by atoms with Gasteiger partial charge in [-0.2, -0.15) is 0 Å². The Bertz CT molecular complexity index is 1480. The van der Waals surface area contributed by atoms with Crippen LogP contribution in [0.3, 0.4) is 0 Å². The zero-order valence-corrected chi connectivity index (χ0v) is 25.4. The number of anilines is 1. The van der Waals surface area contributed by atoms with Crippen molar-refractivity contribution < 1.29 is 27.1 Å². The molecule has 0 aliphatic carbocycles. The highest BCUT2D eigenvalue weighted by Gasteiger charge is 2.34. The van der Waals surface area contributed by atoms with E-state index in [1.807, 2.05) is 27.7 Å². The number of aryl methyl sites for hydroxylation is 2. The van der Waals surface area contributed by atoms with Gasteiger partial charge in [-0.05, 0) is 89.1 Å². The molecule has 2 amide bonds. The van der Waals surface area contributed by atoms with Crippen molar-refractivity contribution >= 4 is 27.5 Å². The van der Waals surface area contributed by atoms with Crippen LogP contribution in [0.1, 0.15) is 44.4 Å². The van der Waals surface area contributed by atoms with Crippen LogP contribution < -0.4 is 14.4 Å². The van der Waals surface area contributed by atoms with Crippen LogP contribution in [0.4, 0.5) is 10.1 Å². The Labute approximate surface area is 242 Å². The second-order valence-corrected chi connectivity index (χ2v) is 12.9. The molecule has 1 unspecified atom stereocenters. The van der Waals surface area contributed by atoms with E-state index in [-0.39, 0.29) is 22.9 Å². The molecule has 0 aliphatic rings. The van der Waals surface area contributed by atoms with Crippen LogP contribution in [0.15, 0.2) is 71.6 Å². The van der Waals surface area contributed by atoms with Gasteiger partial charge < -0.3 is 15.0 Å². The maximum absolute atomic E-state index is 14.1. The number of rotatable bonds is 10. The van der Waals surface area contributed by atoms with Crippen LogP contribution >= 0.6 is 0 Å². The summed E-state index contributed by atoms with van der Waals surface area (Å²) in [4.78, 5) is 28.5. The second kappa shape index (κ2) is 12.7. The van der Waals surface area contributed by atoms with Crippen LogP contribution in [0.5, 0.6) is 5.75 Å². The summed E-state index contributed by atoms with van der Waals surface area (Å²) in [6, 6.07) is 16.0. The van der Waals surface area contributed by atoms with Gasteiger partial charge in [0.05, 0.1) is 17.7 Å². The highest BCUT2D eigenvalue weighted by Crippen LogP contribution is 2.34. The molecule has 0 heterocycles. The van der Waals surface area contributed by atoms with Gasteiger partial charge in [0.15, 0.2) is 0 Å². The summed E-state index contributed by atoms with van der Waals surface area (Å²) < 4.78 is 48.2. The number of carbonyl (C=O) groups is 2. The summed E-state index contributed by atoms with van der Waals surface area (Å²) in [7, 11) is -2.82. The number of benzene rings is 3. The van der Waals surface area contributed by atoms with Crippen LogP contribution in [-0.4, -0.2) is 50.4 Å². The number of hydrogen-bond acceptors (Lipinski definition) is 5. The lowest BCUT2D eigenvalue weighted by molar-refractivity contribution is -0.140. The summed E-state index contributed by atoms with van der Waals surface area (Å²) in [6.07, 6.45) is 0. The van der Waals surface area contributed by atoms with E-state index in [9.17, 15) is 22.4 Å². The number of nitrogens with one attached hydrogen (secondary N) is 1. The van der Waals surface area contributed by atoms with Gasteiger partial charge in [0, 0.05) is 12.1 Å².